The fraction of sp³-hybridized carbons (Fsp3) is 0. The normalized spacial score (nSPS) is 11.4. The molecule has 4 nitrogen and oxygen atoms in total. The predicted molar refractivity (Wildman–Crippen MR) is 476 cm³/mol. The van der Waals surface area contributed by atoms with Crippen LogP contribution in [0.25, 0.3) is 154 Å². The van der Waals surface area contributed by atoms with Crippen LogP contribution in [0.1, 0.15) is 0 Å². The highest BCUT2D eigenvalue weighted by Crippen LogP contribution is 2.44. The van der Waals surface area contributed by atoms with E-state index in [4.69, 9.17) is 0 Å². The summed E-state index contributed by atoms with van der Waals surface area (Å²) in [6, 6.07) is 162. The van der Waals surface area contributed by atoms with Gasteiger partial charge >= 0.3 is 0 Å². The quantitative estimate of drug-likeness (QED) is 0.108. The minimum Gasteiger partial charge on any atom is -0.310 e. The highest BCUT2D eigenvalue weighted by Gasteiger charge is 2.21. The van der Waals surface area contributed by atoms with Crippen molar-refractivity contribution in [3.63, 3.8) is 0 Å². The minimum absolute atomic E-state index is 1.09. The molecule has 0 saturated heterocycles. The van der Waals surface area contributed by atoms with Crippen molar-refractivity contribution < 1.29 is 0 Å². The first-order chi connectivity index (χ1) is 55.5. The van der Waals surface area contributed by atoms with Crippen LogP contribution in [0.3, 0.4) is 0 Å². The fourth-order valence-corrected chi connectivity index (χ4v) is 16.8. The number of hydrogen-bond donors (Lipinski definition) is 0. The SMILES string of the molecule is c1cc(N(c2ccc(-c3ccc(-c4cccc5ccccc45)cc3)cc2)c2ccc(-c3cccc4ccccc34)cc2)cc(-n2c3ccccc3c3ccccc32)c1.c1ccc(-c2ccc(-c3ccc(N(c4ccc(-c5cccc6ccccc56)cc4)c4cccc(-n5c6ccccc6c6ccccc65)c4)cc3)cc2)cc1. The second-order valence-electron chi connectivity index (χ2n) is 28.7. The van der Waals surface area contributed by atoms with Crippen molar-refractivity contribution >= 4 is 110 Å². The van der Waals surface area contributed by atoms with E-state index in [0.717, 1.165) is 45.5 Å². The Hall–Kier alpha value is -14.8. The van der Waals surface area contributed by atoms with Crippen molar-refractivity contribution in [2.75, 3.05) is 9.80 Å². The summed E-state index contributed by atoms with van der Waals surface area (Å²) in [5.74, 6) is 0. The Morgan fingerprint density at radius 2 is 0.366 bits per heavy atom. The largest absolute Gasteiger partial charge is 0.310 e. The van der Waals surface area contributed by atoms with Crippen LogP contribution in [0.15, 0.2) is 449 Å². The molecule has 0 atom stereocenters. The second kappa shape index (κ2) is 29.0. The zero-order valence-corrected chi connectivity index (χ0v) is 61.5. The third-order valence-electron chi connectivity index (χ3n) is 22.2. The third kappa shape index (κ3) is 12.5. The molecule has 0 aliphatic heterocycles. The van der Waals surface area contributed by atoms with Gasteiger partial charge in [-0.2, -0.15) is 0 Å². The summed E-state index contributed by atoms with van der Waals surface area (Å²) in [4.78, 5) is 4.74. The highest BCUT2D eigenvalue weighted by molar-refractivity contribution is 6.11. The van der Waals surface area contributed by atoms with Crippen molar-refractivity contribution in [3.05, 3.63) is 449 Å². The smallest absolute Gasteiger partial charge is 0.0541 e. The number of para-hydroxylation sites is 4. The Labute approximate surface area is 651 Å². The van der Waals surface area contributed by atoms with Crippen LogP contribution >= 0.6 is 0 Å². The van der Waals surface area contributed by atoms with E-state index in [1.807, 2.05) is 0 Å². The molecule has 0 radical (unpaired) electrons. The molecule has 0 bridgehead atoms. The van der Waals surface area contributed by atoms with Gasteiger partial charge in [0, 0.05) is 67.0 Å². The lowest BCUT2D eigenvalue weighted by atomic mass is 9.96. The zero-order chi connectivity index (χ0) is 74.3. The van der Waals surface area contributed by atoms with E-state index in [1.165, 1.54) is 143 Å². The van der Waals surface area contributed by atoms with E-state index >= 15 is 0 Å². The summed E-state index contributed by atoms with van der Waals surface area (Å²) in [5.41, 5.74) is 28.1. The zero-order valence-electron chi connectivity index (χ0n) is 61.5. The molecule has 0 fully saturated rings. The summed E-state index contributed by atoms with van der Waals surface area (Å²) < 4.78 is 4.78. The molecule has 4 heteroatoms. The molecule has 526 valence electrons. The van der Waals surface area contributed by atoms with E-state index in [2.05, 4.69) is 468 Å². The predicted octanol–water partition coefficient (Wildman–Crippen LogP) is 30.0. The lowest BCUT2D eigenvalue weighted by Gasteiger charge is -2.27. The van der Waals surface area contributed by atoms with Crippen LogP contribution in [0, 0.1) is 0 Å². The molecule has 112 heavy (non-hydrogen) atoms. The monoisotopic (exact) mass is 1430 g/mol. The summed E-state index contributed by atoms with van der Waals surface area (Å²) in [5, 5.41) is 12.6. The number of hydrogen-bond acceptors (Lipinski definition) is 2. The number of benzene rings is 19. The molecule has 19 aromatic carbocycles. The van der Waals surface area contributed by atoms with Crippen LogP contribution in [0.4, 0.5) is 34.1 Å². The van der Waals surface area contributed by atoms with Crippen molar-refractivity contribution in [1.82, 2.24) is 9.13 Å². The van der Waals surface area contributed by atoms with Gasteiger partial charge in [-0.1, -0.05) is 340 Å². The summed E-state index contributed by atoms with van der Waals surface area (Å²) in [6.45, 7) is 0. The molecule has 21 aromatic rings. The topological polar surface area (TPSA) is 16.3 Å². The number of anilines is 6. The highest BCUT2D eigenvalue weighted by atomic mass is 15.2. The molecular formula is C108H74N4. The number of fused-ring (bicyclic) bond motifs is 9. The van der Waals surface area contributed by atoms with Gasteiger partial charge in [0.15, 0.2) is 0 Å². The van der Waals surface area contributed by atoms with E-state index in [1.54, 1.807) is 0 Å². The standard InChI is InChI=1S/C56H38N2.C52H36N2/c1-3-18-49-41(12-1)14-9-22-51(49)43-28-26-39(27-29-43)40-30-34-45(35-31-40)57(46-36-32-44(33-37-46)52-23-10-15-42-13-2-4-19-50(42)52)47-16-11-17-48(38-47)58-55-24-7-5-20-53(55)54-21-6-8-25-56(54)58;1-2-12-37(13-3-1)38-24-26-39(27-25-38)40-28-32-43(33-29-40)53(44-34-30-42(31-35-44)48-21-10-15-41-14-4-5-18-47(41)48)45-16-11-17-46(36-45)54-51-22-8-6-19-49(51)50-20-7-9-23-52(50)54/h1-38H;1-36H. The number of rotatable bonds is 14. The first-order valence-electron chi connectivity index (χ1n) is 38.4. The second-order valence-corrected chi connectivity index (χ2v) is 28.7. The van der Waals surface area contributed by atoms with Gasteiger partial charge in [0.25, 0.3) is 0 Å². The Morgan fingerprint density at radius 1 is 0.143 bits per heavy atom. The van der Waals surface area contributed by atoms with E-state index < -0.39 is 0 Å². The molecule has 2 aromatic heterocycles. The van der Waals surface area contributed by atoms with Crippen LogP contribution in [0.5, 0.6) is 0 Å². The summed E-state index contributed by atoms with van der Waals surface area (Å²) in [6.07, 6.45) is 0. The maximum absolute atomic E-state index is 2.39. The average molecular weight is 1430 g/mol. The van der Waals surface area contributed by atoms with Gasteiger partial charge in [0.05, 0.1) is 22.1 Å². The molecular weight excluding hydrogens is 1350 g/mol. The first kappa shape index (κ1) is 66.6. The Morgan fingerprint density at radius 3 is 0.679 bits per heavy atom. The van der Waals surface area contributed by atoms with Crippen LogP contribution in [-0.2, 0) is 0 Å². The van der Waals surface area contributed by atoms with Gasteiger partial charge in [0.2, 0.25) is 0 Å². The molecule has 0 amide bonds. The first-order valence-corrected chi connectivity index (χ1v) is 38.4. The van der Waals surface area contributed by atoms with Crippen molar-refractivity contribution in [1.29, 1.82) is 0 Å². The third-order valence-corrected chi connectivity index (χ3v) is 22.2. The molecule has 21 rings (SSSR count). The van der Waals surface area contributed by atoms with E-state index in [0.29, 0.717) is 0 Å². The van der Waals surface area contributed by atoms with Crippen LogP contribution in [-0.4, -0.2) is 9.13 Å². The van der Waals surface area contributed by atoms with Gasteiger partial charge in [0.1, 0.15) is 0 Å². The maximum Gasteiger partial charge on any atom is 0.0541 e. The van der Waals surface area contributed by atoms with Gasteiger partial charge in [-0.05, 0) is 208 Å². The molecule has 0 spiro atoms. The fourth-order valence-electron chi connectivity index (χ4n) is 16.8. The van der Waals surface area contributed by atoms with Crippen molar-refractivity contribution in [2.45, 2.75) is 0 Å². The van der Waals surface area contributed by atoms with Gasteiger partial charge in [-0.3, -0.25) is 0 Å². The average Bonchev–Trinajstić information content (AvgIpc) is 1.57. The molecule has 0 unspecified atom stereocenters. The van der Waals surface area contributed by atoms with Crippen LogP contribution in [0.2, 0.25) is 0 Å². The maximum atomic E-state index is 2.39. The molecule has 0 saturated carbocycles. The van der Waals surface area contributed by atoms with Gasteiger partial charge in [-0.25, -0.2) is 0 Å². The number of nitrogens with zero attached hydrogens (tertiary/aromatic N) is 4. The lowest BCUT2D eigenvalue weighted by molar-refractivity contribution is 1.17. The van der Waals surface area contributed by atoms with Crippen molar-refractivity contribution in [2.24, 2.45) is 0 Å². The molecule has 0 aliphatic rings. The number of aromatic nitrogens is 2. The van der Waals surface area contributed by atoms with Gasteiger partial charge in [-0.15, -0.1) is 0 Å². The minimum atomic E-state index is 1.09. The molecule has 2 heterocycles. The van der Waals surface area contributed by atoms with E-state index in [9.17, 15) is 0 Å². The Kier molecular flexibility index (Phi) is 17.3. The molecule has 0 N–H and O–H groups in total. The van der Waals surface area contributed by atoms with Gasteiger partial charge < -0.3 is 18.9 Å². The summed E-state index contributed by atoms with van der Waals surface area (Å²) >= 11 is 0. The summed E-state index contributed by atoms with van der Waals surface area (Å²) in [7, 11) is 0. The Balaban J connectivity index is 0.000000146. The van der Waals surface area contributed by atoms with E-state index in [-0.39, 0.29) is 0 Å². The molecule has 0 aliphatic carbocycles. The Bertz CT molecular complexity index is 6890. The van der Waals surface area contributed by atoms with Crippen LogP contribution < -0.4 is 9.80 Å². The van der Waals surface area contributed by atoms with Crippen molar-refractivity contribution in [3.8, 4) is 78.1 Å². The lowest BCUT2D eigenvalue weighted by Crippen LogP contribution is -2.10.